The second kappa shape index (κ2) is 5.08. The molecule has 1 aliphatic carbocycles. The number of nitrogens with one attached hydrogen (secondary N) is 1. The molecule has 98 valence electrons. The van der Waals surface area contributed by atoms with Crippen LogP contribution in [0.1, 0.15) is 24.8 Å². The van der Waals surface area contributed by atoms with Crippen molar-refractivity contribution in [3.8, 4) is 5.75 Å². The third-order valence-corrected chi connectivity index (χ3v) is 4.14. The van der Waals surface area contributed by atoms with E-state index in [9.17, 15) is 5.11 Å². The molecule has 0 bridgehead atoms. The second-order valence-corrected chi connectivity index (χ2v) is 5.80. The first-order chi connectivity index (χ1) is 8.72. The standard InChI is InChI=1S/C14H19ClN2O/c15-11-1-4-14(18)10(7-11)8-16-12-5-6-17(9-12)13-2-3-13/h1,4,7,12-13,16,18H,2-3,5-6,8-9H2. The Morgan fingerprint density at radius 3 is 2.94 bits per heavy atom. The maximum Gasteiger partial charge on any atom is 0.120 e. The van der Waals surface area contributed by atoms with E-state index in [-0.39, 0.29) is 0 Å². The number of hydrogen-bond acceptors (Lipinski definition) is 3. The molecule has 0 amide bonds. The van der Waals surface area contributed by atoms with Crippen LogP contribution in [-0.4, -0.2) is 35.2 Å². The number of phenols is 1. The van der Waals surface area contributed by atoms with Crippen LogP contribution < -0.4 is 5.32 Å². The molecule has 2 aliphatic rings. The van der Waals surface area contributed by atoms with Crippen molar-refractivity contribution in [2.24, 2.45) is 0 Å². The van der Waals surface area contributed by atoms with E-state index in [4.69, 9.17) is 11.6 Å². The van der Waals surface area contributed by atoms with Crippen LogP contribution in [0.15, 0.2) is 18.2 Å². The van der Waals surface area contributed by atoms with Gasteiger partial charge in [0.05, 0.1) is 0 Å². The molecule has 2 fully saturated rings. The topological polar surface area (TPSA) is 35.5 Å². The van der Waals surface area contributed by atoms with Gasteiger partial charge in [0.1, 0.15) is 5.75 Å². The first kappa shape index (κ1) is 12.3. The smallest absolute Gasteiger partial charge is 0.120 e. The summed E-state index contributed by atoms with van der Waals surface area (Å²) in [5, 5.41) is 13.9. The Morgan fingerprint density at radius 1 is 1.33 bits per heavy atom. The Kier molecular flexibility index (Phi) is 3.46. The van der Waals surface area contributed by atoms with Crippen LogP contribution in [0.25, 0.3) is 0 Å². The normalized spacial score (nSPS) is 24.6. The monoisotopic (exact) mass is 266 g/mol. The largest absolute Gasteiger partial charge is 0.508 e. The van der Waals surface area contributed by atoms with Gasteiger partial charge in [0.25, 0.3) is 0 Å². The molecule has 4 heteroatoms. The van der Waals surface area contributed by atoms with E-state index in [1.54, 1.807) is 12.1 Å². The fraction of sp³-hybridized carbons (Fsp3) is 0.571. The fourth-order valence-electron chi connectivity index (χ4n) is 2.68. The number of halogens is 1. The summed E-state index contributed by atoms with van der Waals surface area (Å²) in [6.45, 7) is 3.05. The third kappa shape index (κ3) is 2.79. The van der Waals surface area contributed by atoms with Gasteiger partial charge in [0, 0.05) is 42.3 Å². The summed E-state index contributed by atoms with van der Waals surface area (Å²) in [6.07, 6.45) is 3.96. The molecule has 3 rings (SSSR count). The van der Waals surface area contributed by atoms with Gasteiger partial charge in [-0.2, -0.15) is 0 Å². The molecule has 1 aliphatic heterocycles. The number of likely N-dealkylation sites (tertiary alicyclic amines) is 1. The Labute approximate surface area is 113 Å². The quantitative estimate of drug-likeness (QED) is 0.878. The maximum absolute atomic E-state index is 9.75. The number of aromatic hydroxyl groups is 1. The van der Waals surface area contributed by atoms with Crippen LogP contribution in [0.3, 0.4) is 0 Å². The summed E-state index contributed by atoms with van der Waals surface area (Å²) in [5.41, 5.74) is 0.882. The van der Waals surface area contributed by atoms with Crippen molar-refractivity contribution in [3.05, 3.63) is 28.8 Å². The van der Waals surface area contributed by atoms with E-state index in [0.29, 0.717) is 23.4 Å². The molecule has 1 saturated carbocycles. The van der Waals surface area contributed by atoms with Gasteiger partial charge in [0.15, 0.2) is 0 Å². The number of phenolic OH excluding ortho intramolecular Hbond substituents is 1. The van der Waals surface area contributed by atoms with Crippen molar-refractivity contribution >= 4 is 11.6 Å². The lowest BCUT2D eigenvalue weighted by Gasteiger charge is -2.16. The van der Waals surface area contributed by atoms with E-state index < -0.39 is 0 Å². The highest BCUT2D eigenvalue weighted by Gasteiger charge is 2.34. The van der Waals surface area contributed by atoms with E-state index in [1.807, 2.05) is 6.07 Å². The highest BCUT2D eigenvalue weighted by atomic mass is 35.5. The summed E-state index contributed by atoms with van der Waals surface area (Å²) in [5.74, 6) is 0.323. The number of hydrogen-bond donors (Lipinski definition) is 2. The summed E-state index contributed by atoms with van der Waals surface area (Å²) >= 11 is 5.94. The van der Waals surface area contributed by atoms with Crippen LogP contribution >= 0.6 is 11.6 Å². The Bertz CT molecular complexity index is 434. The van der Waals surface area contributed by atoms with Crippen molar-refractivity contribution in [1.29, 1.82) is 0 Å². The minimum Gasteiger partial charge on any atom is -0.508 e. The molecule has 1 aromatic rings. The first-order valence-corrected chi connectivity index (χ1v) is 7.05. The molecule has 2 N–H and O–H groups in total. The molecule has 0 radical (unpaired) electrons. The predicted molar refractivity (Wildman–Crippen MR) is 73.0 cm³/mol. The minimum atomic E-state index is 0.323. The van der Waals surface area contributed by atoms with Gasteiger partial charge in [-0.3, -0.25) is 4.90 Å². The van der Waals surface area contributed by atoms with Crippen molar-refractivity contribution in [3.63, 3.8) is 0 Å². The predicted octanol–water partition coefficient (Wildman–Crippen LogP) is 2.37. The van der Waals surface area contributed by atoms with Gasteiger partial charge in [-0.1, -0.05) is 11.6 Å². The molecule has 18 heavy (non-hydrogen) atoms. The van der Waals surface area contributed by atoms with E-state index in [1.165, 1.54) is 25.8 Å². The van der Waals surface area contributed by atoms with Crippen LogP contribution in [0.5, 0.6) is 5.75 Å². The second-order valence-electron chi connectivity index (χ2n) is 5.37. The zero-order chi connectivity index (χ0) is 12.5. The SMILES string of the molecule is Oc1ccc(Cl)cc1CNC1CCN(C2CC2)C1. The van der Waals surface area contributed by atoms with Gasteiger partial charge in [-0.05, 0) is 37.5 Å². The molecular formula is C14H19ClN2O. The summed E-state index contributed by atoms with van der Waals surface area (Å²) < 4.78 is 0. The van der Waals surface area contributed by atoms with Gasteiger partial charge in [0.2, 0.25) is 0 Å². The summed E-state index contributed by atoms with van der Waals surface area (Å²) in [7, 11) is 0. The van der Waals surface area contributed by atoms with E-state index >= 15 is 0 Å². The summed E-state index contributed by atoms with van der Waals surface area (Å²) in [6, 6.07) is 6.60. The average molecular weight is 267 g/mol. The van der Waals surface area contributed by atoms with Gasteiger partial charge >= 0.3 is 0 Å². The third-order valence-electron chi connectivity index (χ3n) is 3.91. The Balaban J connectivity index is 1.53. The van der Waals surface area contributed by atoms with Gasteiger partial charge in [-0.15, -0.1) is 0 Å². The van der Waals surface area contributed by atoms with E-state index in [2.05, 4.69) is 10.2 Å². The zero-order valence-corrected chi connectivity index (χ0v) is 11.2. The Morgan fingerprint density at radius 2 is 2.17 bits per heavy atom. The number of benzene rings is 1. The molecule has 1 atom stereocenters. The fourth-order valence-corrected chi connectivity index (χ4v) is 2.87. The van der Waals surface area contributed by atoms with Crippen LogP contribution in [0.2, 0.25) is 5.02 Å². The summed E-state index contributed by atoms with van der Waals surface area (Å²) in [4.78, 5) is 2.58. The van der Waals surface area contributed by atoms with Crippen molar-refractivity contribution in [2.45, 2.75) is 37.9 Å². The molecule has 3 nitrogen and oxygen atoms in total. The van der Waals surface area contributed by atoms with Crippen molar-refractivity contribution in [1.82, 2.24) is 10.2 Å². The highest BCUT2D eigenvalue weighted by molar-refractivity contribution is 6.30. The molecular weight excluding hydrogens is 248 g/mol. The molecule has 0 aromatic heterocycles. The Hall–Kier alpha value is -0.770. The van der Waals surface area contributed by atoms with Gasteiger partial charge in [-0.25, -0.2) is 0 Å². The molecule has 1 unspecified atom stereocenters. The molecule has 1 heterocycles. The van der Waals surface area contributed by atoms with Gasteiger partial charge < -0.3 is 10.4 Å². The highest BCUT2D eigenvalue weighted by Crippen LogP contribution is 2.30. The maximum atomic E-state index is 9.75. The van der Waals surface area contributed by atoms with Crippen LogP contribution in [0.4, 0.5) is 0 Å². The molecule has 0 spiro atoms. The lowest BCUT2D eigenvalue weighted by molar-refractivity contribution is 0.317. The average Bonchev–Trinajstić information content (AvgIpc) is 3.10. The number of rotatable bonds is 4. The van der Waals surface area contributed by atoms with Crippen molar-refractivity contribution < 1.29 is 5.11 Å². The lowest BCUT2D eigenvalue weighted by atomic mass is 10.2. The van der Waals surface area contributed by atoms with Crippen LogP contribution in [-0.2, 0) is 6.54 Å². The molecule has 1 saturated heterocycles. The number of nitrogens with zero attached hydrogens (tertiary/aromatic N) is 1. The lowest BCUT2D eigenvalue weighted by Crippen LogP contribution is -2.32. The minimum absolute atomic E-state index is 0.323. The molecule has 1 aromatic carbocycles. The zero-order valence-electron chi connectivity index (χ0n) is 10.4. The first-order valence-electron chi connectivity index (χ1n) is 6.67. The van der Waals surface area contributed by atoms with E-state index in [0.717, 1.165) is 18.2 Å². The van der Waals surface area contributed by atoms with Crippen molar-refractivity contribution in [2.75, 3.05) is 13.1 Å². The van der Waals surface area contributed by atoms with Crippen LogP contribution in [0, 0.1) is 0 Å².